The largest absolute Gasteiger partial charge is 0.493 e. The highest BCUT2D eigenvalue weighted by molar-refractivity contribution is 5.85. The van der Waals surface area contributed by atoms with Gasteiger partial charge in [-0.2, -0.15) is 0 Å². The van der Waals surface area contributed by atoms with Gasteiger partial charge in [-0.3, -0.25) is 4.79 Å². The van der Waals surface area contributed by atoms with Gasteiger partial charge < -0.3 is 20.1 Å². The van der Waals surface area contributed by atoms with Crippen LogP contribution in [0.25, 0.3) is 0 Å². The number of morpholine rings is 1. The summed E-state index contributed by atoms with van der Waals surface area (Å²) in [5.41, 5.74) is 2.19. The maximum atomic E-state index is 12.1. The molecule has 1 aliphatic carbocycles. The van der Waals surface area contributed by atoms with E-state index >= 15 is 0 Å². The number of carbonyl (C=O) groups is 1. The molecule has 6 heteroatoms. The third-order valence-corrected chi connectivity index (χ3v) is 4.09. The molecule has 3 rings (SSSR count). The quantitative estimate of drug-likeness (QED) is 0.829. The summed E-state index contributed by atoms with van der Waals surface area (Å²) in [4.78, 5) is 12.1. The van der Waals surface area contributed by atoms with Crippen molar-refractivity contribution in [3.63, 3.8) is 0 Å². The van der Waals surface area contributed by atoms with Crippen molar-refractivity contribution < 1.29 is 14.3 Å². The lowest BCUT2D eigenvalue weighted by molar-refractivity contribution is -0.126. The van der Waals surface area contributed by atoms with E-state index in [-0.39, 0.29) is 24.4 Å². The Balaban J connectivity index is 0.00000192. The van der Waals surface area contributed by atoms with Crippen LogP contribution in [0.2, 0.25) is 0 Å². The average Bonchev–Trinajstić information content (AvgIpc) is 3.37. The summed E-state index contributed by atoms with van der Waals surface area (Å²) in [6.45, 7) is 5.14. The number of hydrogen-bond acceptors (Lipinski definition) is 4. The van der Waals surface area contributed by atoms with E-state index in [4.69, 9.17) is 9.47 Å². The van der Waals surface area contributed by atoms with Crippen molar-refractivity contribution in [2.75, 3.05) is 26.4 Å². The molecule has 0 spiro atoms. The summed E-state index contributed by atoms with van der Waals surface area (Å²) in [5.74, 6) is 1.58. The molecule has 0 aromatic heterocycles. The van der Waals surface area contributed by atoms with E-state index in [1.54, 1.807) is 0 Å². The number of ether oxygens (including phenoxy) is 2. The van der Waals surface area contributed by atoms with E-state index in [0.717, 1.165) is 24.5 Å². The average molecular weight is 341 g/mol. The van der Waals surface area contributed by atoms with Crippen LogP contribution in [0.15, 0.2) is 18.2 Å². The Kier molecular flexibility index (Phi) is 6.69. The van der Waals surface area contributed by atoms with Crippen LogP contribution < -0.4 is 15.4 Å². The van der Waals surface area contributed by atoms with Crippen LogP contribution in [0.4, 0.5) is 0 Å². The summed E-state index contributed by atoms with van der Waals surface area (Å²) in [5, 5.41) is 6.13. The fourth-order valence-corrected chi connectivity index (χ4v) is 2.47. The Morgan fingerprint density at radius 3 is 2.96 bits per heavy atom. The second-order valence-corrected chi connectivity index (χ2v) is 6.16. The minimum absolute atomic E-state index is 0. The van der Waals surface area contributed by atoms with Gasteiger partial charge in [-0.1, -0.05) is 12.1 Å². The van der Waals surface area contributed by atoms with Crippen LogP contribution in [0, 0.1) is 12.8 Å². The fourth-order valence-electron chi connectivity index (χ4n) is 2.47. The number of hydrogen-bond donors (Lipinski definition) is 2. The van der Waals surface area contributed by atoms with Crippen molar-refractivity contribution in [2.24, 2.45) is 5.92 Å². The zero-order valence-electron chi connectivity index (χ0n) is 13.5. The number of rotatable bonds is 6. The third-order valence-electron chi connectivity index (χ3n) is 4.09. The molecule has 128 valence electrons. The highest BCUT2D eigenvalue weighted by atomic mass is 35.5. The van der Waals surface area contributed by atoms with E-state index < -0.39 is 0 Å². The van der Waals surface area contributed by atoms with Gasteiger partial charge in [-0.15, -0.1) is 12.4 Å². The van der Waals surface area contributed by atoms with Crippen LogP contribution in [0.1, 0.15) is 24.0 Å². The van der Waals surface area contributed by atoms with Crippen molar-refractivity contribution in [1.82, 2.24) is 10.6 Å². The van der Waals surface area contributed by atoms with Gasteiger partial charge in [-0.25, -0.2) is 0 Å². The Morgan fingerprint density at radius 2 is 2.26 bits per heavy atom. The van der Waals surface area contributed by atoms with Gasteiger partial charge in [0.05, 0.1) is 19.8 Å². The van der Waals surface area contributed by atoms with Crippen LogP contribution in [0.3, 0.4) is 0 Å². The van der Waals surface area contributed by atoms with Crippen molar-refractivity contribution in [3.05, 3.63) is 29.3 Å². The van der Waals surface area contributed by atoms with Crippen molar-refractivity contribution in [1.29, 1.82) is 0 Å². The van der Waals surface area contributed by atoms with E-state index in [2.05, 4.69) is 17.6 Å². The first-order valence-electron chi connectivity index (χ1n) is 8.03. The minimum Gasteiger partial charge on any atom is -0.493 e. The summed E-state index contributed by atoms with van der Waals surface area (Å²) >= 11 is 0. The molecule has 1 saturated heterocycles. The lowest BCUT2D eigenvalue weighted by Gasteiger charge is -2.23. The molecule has 2 N–H and O–H groups in total. The van der Waals surface area contributed by atoms with Gasteiger partial charge in [0.25, 0.3) is 0 Å². The highest BCUT2D eigenvalue weighted by Crippen LogP contribution is 2.30. The Bertz CT molecular complexity index is 529. The Labute approximate surface area is 143 Å². The zero-order valence-corrected chi connectivity index (χ0v) is 14.3. The first kappa shape index (κ1) is 18.0. The van der Waals surface area contributed by atoms with Crippen molar-refractivity contribution in [2.45, 2.75) is 32.4 Å². The van der Waals surface area contributed by atoms with Crippen LogP contribution in [0.5, 0.6) is 5.75 Å². The number of carbonyl (C=O) groups excluding carboxylic acids is 1. The summed E-state index contributed by atoms with van der Waals surface area (Å²) in [6, 6.07) is 5.87. The van der Waals surface area contributed by atoms with Gasteiger partial charge in [0.1, 0.15) is 11.8 Å². The molecular weight excluding hydrogens is 316 g/mol. The third kappa shape index (κ3) is 5.37. The van der Waals surface area contributed by atoms with E-state index in [1.165, 1.54) is 18.4 Å². The normalized spacial score (nSPS) is 20.5. The summed E-state index contributed by atoms with van der Waals surface area (Å²) in [6.07, 6.45) is 2.54. The molecule has 2 aliphatic rings. The number of amides is 1. The van der Waals surface area contributed by atoms with Gasteiger partial charge in [0, 0.05) is 18.7 Å². The van der Waals surface area contributed by atoms with Crippen LogP contribution in [-0.4, -0.2) is 38.3 Å². The van der Waals surface area contributed by atoms with Crippen molar-refractivity contribution in [3.8, 4) is 5.75 Å². The molecule has 1 atom stereocenters. The van der Waals surface area contributed by atoms with Crippen LogP contribution >= 0.6 is 12.4 Å². The maximum absolute atomic E-state index is 12.1. The molecule has 1 saturated carbocycles. The molecule has 0 radical (unpaired) electrons. The topological polar surface area (TPSA) is 59.6 Å². The first-order valence-corrected chi connectivity index (χ1v) is 8.03. The molecule has 1 heterocycles. The van der Waals surface area contributed by atoms with Crippen molar-refractivity contribution >= 4 is 18.3 Å². The Hall–Kier alpha value is -1.30. The smallest absolute Gasteiger partial charge is 0.239 e. The molecule has 5 nitrogen and oxygen atoms in total. The monoisotopic (exact) mass is 340 g/mol. The van der Waals surface area contributed by atoms with Gasteiger partial charge in [0.2, 0.25) is 5.91 Å². The molecule has 1 unspecified atom stereocenters. The Morgan fingerprint density at radius 1 is 1.43 bits per heavy atom. The standard InChI is InChI=1S/C17H24N2O3.ClH/c1-12-2-5-14(16(8-12)22-10-13-3-4-13)9-19-17(20)15-11-21-7-6-18-15;/h2,5,8,13,15,18H,3-4,6-7,9-11H2,1H3,(H,19,20);1H. The lowest BCUT2D eigenvalue weighted by Crippen LogP contribution is -2.51. The molecule has 0 bridgehead atoms. The number of aryl methyl sites for hydroxylation is 1. The summed E-state index contributed by atoms with van der Waals surface area (Å²) < 4.78 is 11.2. The lowest BCUT2D eigenvalue weighted by atomic mass is 10.1. The molecule has 1 aromatic rings. The maximum Gasteiger partial charge on any atom is 0.239 e. The predicted molar refractivity (Wildman–Crippen MR) is 91.1 cm³/mol. The molecule has 1 aromatic carbocycles. The predicted octanol–water partition coefficient (Wildman–Crippen LogP) is 1.81. The molecular formula is C17H25ClN2O3. The fraction of sp³-hybridized carbons (Fsp3) is 0.588. The zero-order chi connectivity index (χ0) is 15.4. The van der Waals surface area contributed by atoms with Gasteiger partial charge in [-0.05, 0) is 37.3 Å². The van der Waals surface area contributed by atoms with E-state index in [1.807, 2.05) is 18.2 Å². The first-order chi connectivity index (χ1) is 10.7. The SMILES string of the molecule is Cc1ccc(CNC(=O)C2COCCN2)c(OCC2CC2)c1.Cl. The molecule has 23 heavy (non-hydrogen) atoms. The van der Waals surface area contributed by atoms with Crippen LogP contribution in [-0.2, 0) is 16.1 Å². The molecule has 1 amide bonds. The van der Waals surface area contributed by atoms with Gasteiger partial charge >= 0.3 is 0 Å². The van der Waals surface area contributed by atoms with E-state index in [0.29, 0.717) is 25.7 Å². The molecule has 1 aliphatic heterocycles. The van der Waals surface area contributed by atoms with Gasteiger partial charge in [0.15, 0.2) is 0 Å². The molecule has 2 fully saturated rings. The summed E-state index contributed by atoms with van der Waals surface area (Å²) in [7, 11) is 0. The second kappa shape index (κ2) is 8.52. The minimum atomic E-state index is -0.255. The number of halogens is 1. The van der Waals surface area contributed by atoms with E-state index in [9.17, 15) is 4.79 Å². The number of benzene rings is 1. The highest BCUT2D eigenvalue weighted by Gasteiger charge is 2.23. The second-order valence-electron chi connectivity index (χ2n) is 6.16. The number of nitrogens with one attached hydrogen (secondary N) is 2.